The number of ether oxygens (including phenoxy) is 1. The minimum atomic E-state index is -3.04. The van der Waals surface area contributed by atoms with Crippen molar-refractivity contribution < 1.29 is 13.2 Å². The second kappa shape index (κ2) is 4.72. The molecule has 1 aliphatic carbocycles. The van der Waals surface area contributed by atoms with Crippen LogP contribution in [-0.4, -0.2) is 33.1 Å². The topological polar surface area (TPSA) is 67.2 Å². The molecule has 1 rings (SSSR count). The lowest BCUT2D eigenvalue weighted by Crippen LogP contribution is -2.28. The quantitative estimate of drug-likeness (QED) is 0.750. The van der Waals surface area contributed by atoms with Crippen LogP contribution in [0.3, 0.4) is 0 Å². The van der Waals surface area contributed by atoms with Crippen LogP contribution in [0.4, 0.5) is 0 Å². The molecule has 1 aliphatic rings. The molecule has 92 valence electrons. The zero-order valence-electron chi connectivity index (χ0n) is 10.1. The third-order valence-corrected chi connectivity index (χ3v) is 5.87. The van der Waals surface area contributed by atoms with E-state index in [0.29, 0.717) is 19.4 Å². The summed E-state index contributed by atoms with van der Waals surface area (Å²) in [5.74, 6) is 0.225. The highest BCUT2D eigenvalue weighted by Crippen LogP contribution is 2.45. The largest absolute Gasteiger partial charge is 0.383 e. The zero-order valence-corrected chi connectivity index (χ0v) is 10.9. The van der Waals surface area contributed by atoms with Crippen LogP contribution in [0.15, 0.2) is 0 Å². The van der Waals surface area contributed by atoms with Crippen molar-refractivity contribution in [2.75, 3.05) is 19.5 Å². The number of methoxy groups -OCH3 is 1. The Balaban J connectivity index is 2.93. The maximum absolute atomic E-state index is 11.8. The lowest BCUT2D eigenvalue weighted by Gasteiger charge is -2.24. The van der Waals surface area contributed by atoms with Crippen molar-refractivity contribution >= 4 is 9.84 Å². The minimum Gasteiger partial charge on any atom is -0.383 e. The van der Waals surface area contributed by atoms with Gasteiger partial charge in [0.25, 0.3) is 0 Å². The third-order valence-electron chi connectivity index (χ3n) is 3.69. The fourth-order valence-electron chi connectivity index (χ4n) is 2.47. The lowest BCUT2D eigenvalue weighted by molar-refractivity contribution is 0.0951. The van der Waals surface area contributed by atoms with Crippen molar-refractivity contribution in [3.05, 3.63) is 0 Å². The highest BCUT2D eigenvalue weighted by Gasteiger charge is 2.49. The number of nitriles is 1. The van der Waals surface area contributed by atoms with Gasteiger partial charge in [0.05, 0.1) is 23.3 Å². The third kappa shape index (κ3) is 2.23. The highest BCUT2D eigenvalue weighted by molar-refractivity contribution is 7.92. The molecule has 0 aromatic carbocycles. The van der Waals surface area contributed by atoms with Crippen molar-refractivity contribution in [2.24, 2.45) is 11.3 Å². The molecule has 0 spiro atoms. The molecule has 5 heteroatoms. The Kier molecular flexibility index (Phi) is 3.97. The first-order valence-corrected chi connectivity index (χ1v) is 7.25. The Morgan fingerprint density at radius 2 is 2.19 bits per heavy atom. The Morgan fingerprint density at radius 1 is 1.56 bits per heavy atom. The van der Waals surface area contributed by atoms with Gasteiger partial charge < -0.3 is 4.74 Å². The summed E-state index contributed by atoms with van der Waals surface area (Å²) in [5, 5.41) is 8.88. The van der Waals surface area contributed by atoms with Gasteiger partial charge in [-0.1, -0.05) is 13.8 Å². The first-order chi connectivity index (χ1) is 7.41. The van der Waals surface area contributed by atoms with E-state index in [-0.39, 0.29) is 16.9 Å². The van der Waals surface area contributed by atoms with Gasteiger partial charge >= 0.3 is 0 Å². The summed E-state index contributed by atoms with van der Waals surface area (Å²) in [5.41, 5.74) is -0.623. The molecule has 0 amide bonds. The lowest BCUT2D eigenvalue weighted by atomic mass is 9.81. The van der Waals surface area contributed by atoms with E-state index in [4.69, 9.17) is 4.74 Å². The molecule has 0 aromatic rings. The summed E-state index contributed by atoms with van der Waals surface area (Å²) in [6.07, 6.45) is 0.988. The molecule has 0 bridgehead atoms. The van der Waals surface area contributed by atoms with Crippen molar-refractivity contribution in [3.8, 4) is 6.07 Å². The van der Waals surface area contributed by atoms with Crippen LogP contribution in [0.5, 0.6) is 0 Å². The Morgan fingerprint density at radius 3 is 2.62 bits per heavy atom. The molecular formula is C11H19NO3S. The molecule has 0 heterocycles. The second-order valence-corrected chi connectivity index (χ2v) is 7.19. The fraction of sp³-hybridized carbons (Fsp3) is 0.909. The van der Waals surface area contributed by atoms with Crippen LogP contribution in [-0.2, 0) is 14.6 Å². The molecule has 4 nitrogen and oxygen atoms in total. The molecule has 0 N–H and O–H groups in total. The Bertz CT molecular complexity index is 385. The summed E-state index contributed by atoms with van der Waals surface area (Å²) in [6, 6.07) is 2.26. The van der Waals surface area contributed by atoms with E-state index in [1.165, 1.54) is 0 Å². The van der Waals surface area contributed by atoms with E-state index in [1.54, 1.807) is 14.0 Å². The van der Waals surface area contributed by atoms with Crippen molar-refractivity contribution in [1.82, 2.24) is 0 Å². The molecule has 1 fully saturated rings. The van der Waals surface area contributed by atoms with Crippen molar-refractivity contribution in [3.63, 3.8) is 0 Å². The smallest absolute Gasteiger partial charge is 0.152 e. The van der Waals surface area contributed by atoms with Gasteiger partial charge in [-0.2, -0.15) is 5.26 Å². The first kappa shape index (κ1) is 13.5. The van der Waals surface area contributed by atoms with E-state index in [0.717, 1.165) is 0 Å². The SMILES string of the molecule is CCS(=O)(=O)[C@@H]1C[C@@H](C)[C@@](C#N)(COC)C1. The number of rotatable bonds is 4. The Labute approximate surface area is 97.5 Å². The van der Waals surface area contributed by atoms with Crippen LogP contribution < -0.4 is 0 Å². The van der Waals surface area contributed by atoms with Crippen LogP contribution in [0.2, 0.25) is 0 Å². The molecule has 0 aromatic heterocycles. The van der Waals surface area contributed by atoms with Gasteiger partial charge in [-0.05, 0) is 18.8 Å². The predicted molar refractivity (Wildman–Crippen MR) is 61.6 cm³/mol. The molecular weight excluding hydrogens is 226 g/mol. The van der Waals surface area contributed by atoms with Crippen molar-refractivity contribution in [2.45, 2.75) is 31.9 Å². The monoisotopic (exact) mass is 245 g/mol. The summed E-state index contributed by atoms with van der Waals surface area (Å²) >= 11 is 0. The van der Waals surface area contributed by atoms with Crippen LogP contribution >= 0.6 is 0 Å². The summed E-state index contributed by atoms with van der Waals surface area (Å²) in [6.45, 7) is 3.91. The van der Waals surface area contributed by atoms with Crippen LogP contribution in [0, 0.1) is 22.7 Å². The molecule has 0 aliphatic heterocycles. The average Bonchev–Trinajstić information content (AvgIpc) is 2.58. The fourth-order valence-corrected chi connectivity index (χ4v) is 4.07. The van der Waals surface area contributed by atoms with Gasteiger partial charge in [0.1, 0.15) is 0 Å². The van der Waals surface area contributed by atoms with E-state index in [2.05, 4.69) is 6.07 Å². The zero-order chi connectivity index (χ0) is 12.4. The molecule has 0 saturated heterocycles. The Hall–Kier alpha value is -0.600. The summed E-state index contributed by atoms with van der Waals surface area (Å²) in [7, 11) is -1.49. The van der Waals surface area contributed by atoms with Crippen molar-refractivity contribution in [1.29, 1.82) is 5.26 Å². The molecule has 16 heavy (non-hydrogen) atoms. The van der Waals surface area contributed by atoms with E-state index < -0.39 is 15.3 Å². The normalized spacial score (nSPS) is 34.9. The molecule has 1 saturated carbocycles. The number of hydrogen-bond donors (Lipinski definition) is 0. The maximum atomic E-state index is 11.8. The van der Waals surface area contributed by atoms with Crippen LogP contribution in [0.25, 0.3) is 0 Å². The summed E-state index contributed by atoms with van der Waals surface area (Å²) < 4.78 is 28.7. The standard InChI is InChI=1S/C11H19NO3S/c1-4-16(13,14)10-5-9(2)11(6-10,7-12)8-15-3/h9-10H,4-6,8H2,1-3H3/t9-,10-,11+/m1/s1. The summed E-state index contributed by atoms with van der Waals surface area (Å²) in [4.78, 5) is 0. The number of hydrogen-bond acceptors (Lipinski definition) is 4. The number of sulfone groups is 1. The second-order valence-electron chi connectivity index (χ2n) is 4.62. The van der Waals surface area contributed by atoms with Gasteiger partial charge in [0.2, 0.25) is 0 Å². The van der Waals surface area contributed by atoms with E-state index in [9.17, 15) is 13.7 Å². The van der Waals surface area contributed by atoms with Gasteiger partial charge in [-0.25, -0.2) is 8.42 Å². The van der Waals surface area contributed by atoms with Gasteiger partial charge in [0.15, 0.2) is 9.84 Å². The van der Waals surface area contributed by atoms with Gasteiger partial charge in [-0.3, -0.25) is 0 Å². The van der Waals surface area contributed by atoms with Gasteiger partial charge in [0, 0.05) is 12.9 Å². The first-order valence-electron chi connectivity index (χ1n) is 5.53. The molecule has 0 unspecified atom stereocenters. The molecule has 0 radical (unpaired) electrons. The average molecular weight is 245 g/mol. The van der Waals surface area contributed by atoms with Crippen LogP contribution in [0.1, 0.15) is 26.7 Å². The van der Waals surface area contributed by atoms with E-state index >= 15 is 0 Å². The van der Waals surface area contributed by atoms with Gasteiger partial charge in [-0.15, -0.1) is 0 Å². The number of nitrogens with zero attached hydrogens (tertiary/aromatic N) is 1. The minimum absolute atomic E-state index is 0.0729. The molecule has 3 atom stereocenters. The predicted octanol–water partition coefficient (Wildman–Crippen LogP) is 1.38. The maximum Gasteiger partial charge on any atom is 0.152 e. The highest BCUT2D eigenvalue weighted by atomic mass is 32.2. The van der Waals surface area contributed by atoms with E-state index in [1.807, 2.05) is 6.92 Å².